The minimum Gasteiger partial charge on any atom is -0.380 e. The minimum atomic E-state index is -6.13. The van der Waals surface area contributed by atoms with E-state index < -0.39 is 82.5 Å². The van der Waals surface area contributed by atoms with Gasteiger partial charge in [0, 0.05) is 99.8 Å². The van der Waals surface area contributed by atoms with E-state index in [4.69, 9.17) is 0 Å². The van der Waals surface area contributed by atoms with Crippen LogP contribution < -0.4 is 20.3 Å². The number of carbonyl (C=O) groups excluding carboxylic acids is 5. The second kappa shape index (κ2) is 24.7. The molecule has 2 bridgehead atoms. The number of benzene rings is 4. The second-order valence-corrected chi connectivity index (χ2v) is 30.8. The Hall–Kier alpha value is -6.11. The zero-order valence-corrected chi connectivity index (χ0v) is 52.0. The molecule has 4 aliphatic heterocycles. The highest BCUT2D eigenvalue weighted by Crippen LogP contribution is 2.77. The first kappa shape index (κ1) is 62.5. The van der Waals surface area contributed by atoms with Gasteiger partial charge in [0.25, 0.3) is 37.6 Å². The number of thioether (sulfide) groups is 1. The summed E-state index contributed by atoms with van der Waals surface area (Å²) in [6.45, 7) is 15.8. The molecule has 0 aromatic heterocycles. The molecule has 3 saturated carbocycles. The monoisotopic (exact) mass is 1250 g/mol. The highest BCUT2D eigenvalue weighted by molar-refractivity contribution is 7.99. The first-order valence-electron chi connectivity index (χ1n) is 30.3. The molecule has 8 aliphatic rings. The van der Waals surface area contributed by atoms with E-state index >= 15 is 0 Å². The van der Waals surface area contributed by atoms with E-state index in [-0.39, 0.29) is 29.5 Å². The fourth-order valence-electron chi connectivity index (χ4n) is 14.4. The number of rotatable bonds is 22. The third kappa shape index (κ3) is 13.6. The van der Waals surface area contributed by atoms with Crippen molar-refractivity contribution in [1.29, 1.82) is 0 Å². The fourth-order valence-corrected chi connectivity index (χ4v) is 17.4. The number of hydrogen-bond acceptors (Lipinski definition) is 15. The van der Waals surface area contributed by atoms with Crippen LogP contribution in [0, 0.1) is 16.2 Å². The van der Waals surface area contributed by atoms with Crippen molar-refractivity contribution in [3.8, 4) is 0 Å². The molecule has 4 heterocycles. The van der Waals surface area contributed by atoms with Gasteiger partial charge in [-0.2, -0.15) is 13.2 Å². The van der Waals surface area contributed by atoms with E-state index in [0.717, 1.165) is 105 Å². The van der Waals surface area contributed by atoms with Crippen LogP contribution in [-0.4, -0.2) is 161 Å². The van der Waals surface area contributed by atoms with Gasteiger partial charge in [-0.15, -0.1) is 11.8 Å². The van der Waals surface area contributed by atoms with Crippen LogP contribution in [-0.2, 0) is 35.9 Å². The van der Waals surface area contributed by atoms with Crippen molar-refractivity contribution in [2.75, 3.05) is 88.0 Å². The molecule has 2 atom stereocenters. The van der Waals surface area contributed by atoms with Crippen molar-refractivity contribution in [1.82, 2.24) is 29.6 Å². The minimum absolute atomic E-state index is 0.00218. The van der Waals surface area contributed by atoms with Gasteiger partial charge in [-0.1, -0.05) is 56.2 Å². The molecular formula is C64H77F3N8O9S3. The maximum atomic E-state index is 14.5. The Morgan fingerprint density at radius 1 is 0.759 bits per heavy atom. The third-order valence-electron chi connectivity index (χ3n) is 19.0. The normalized spacial score (nSPS) is 24.1. The van der Waals surface area contributed by atoms with E-state index in [1.54, 1.807) is 35.4 Å². The van der Waals surface area contributed by atoms with Crippen LogP contribution >= 0.6 is 11.8 Å². The van der Waals surface area contributed by atoms with Gasteiger partial charge in [0.1, 0.15) is 10.9 Å². The number of piperidine rings is 1. The van der Waals surface area contributed by atoms with Gasteiger partial charge >= 0.3 is 5.51 Å². The second-order valence-electron chi connectivity index (χ2n) is 26.1. The van der Waals surface area contributed by atoms with Gasteiger partial charge in [0.05, 0.1) is 21.7 Å². The van der Waals surface area contributed by atoms with Crippen LogP contribution in [0.5, 0.6) is 0 Å². The van der Waals surface area contributed by atoms with Crippen LogP contribution in [0.25, 0.3) is 0 Å². The molecule has 4 aromatic rings. The fraction of sp³-hybridized carbons (Fsp3) is 0.516. The van der Waals surface area contributed by atoms with Gasteiger partial charge in [-0.25, -0.2) is 21.6 Å². The Kier molecular flexibility index (Phi) is 17.7. The molecule has 4 aliphatic carbocycles. The number of imide groups is 2. The topological polar surface area (TPSA) is 206 Å². The summed E-state index contributed by atoms with van der Waals surface area (Å²) in [5, 5.41) is 5.26. The number of alkyl halides is 3. The average Bonchev–Trinajstić information content (AvgIpc) is 1.13. The maximum absolute atomic E-state index is 14.5. The van der Waals surface area contributed by atoms with Crippen molar-refractivity contribution in [2.45, 2.75) is 130 Å². The Balaban J connectivity index is 0.682. The number of anilines is 2. The number of fused-ring (bicyclic) bond motifs is 1. The number of amides is 5. The van der Waals surface area contributed by atoms with E-state index in [1.165, 1.54) is 56.0 Å². The molecule has 6 fully saturated rings. The molecule has 3 N–H and O–H groups in total. The van der Waals surface area contributed by atoms with E-state index in [9.17, 15) is 54.0 Å². The summed E-state index contributed by atoms with van der Waals surface area (Å²) in [6, 6.07) is 21.8. The number of sulfonamides is 1. The molecule has 5 amide bonds. The van der Waals surface area contributed by atoms with Gasteiger partial charge in [-0.3, -0.25) is 39.1 Å². The smallest absolute Gasteiger partial charge is 0.380 e. The summed E-state index contributed by atoms with van der Waals surface area (Å²) in [7, 11) is -11.0. The molecule has 12 rings (SSSR count). The summed E-state index contributed by atoms with van der Waals surface area (Å²) in [4.78, 5) is 73.2. The van der Waals surface area contributed by atoms with Crippen molar-refractivity contribution >= 4 is 72.5 Å². The maximum Gasteiger partial charge on any atom is 0.501 e. The number of piperazine rings is 2. The van der Waals surface area contributed by atoms with Crippen LogP contribution in [0.15, 0.2) is 117 Å². The predicted molar refractivity (Wildman–Crippen MR) is 327 cm³/mol. The SMILES string of the molecule is CC1(C)CCC(CN2CCN(c3ccc(C(=O)NS(=O)(=O)c4ccc(N[C@H](CCN5CCN(CCCCc6ccc7c(c6)C(=O)N(C6CCC(=O)NC6=O)C7=O)CC5)CSc5ccccc5)c(S(=O)(=O)C(F)(F)F)c4)cc3)CC2)=C(C23CC(C)(C2)C3)C1. The number of allylic oxidation sites excluding steroid dienone is 1. The van der Waals surface area contributed by atoms with Crippen LogP contribution in [0.1, 0.15) is 128 Å². The molecular weight excluding hydrogens is 1180 g/mol. The summed E-state index contributed by atoms with van der Waals surface area (Å²) in [6.07, 6.45) is 10.4. The molecule has 87 heavy (non-hydrogen) atoms. The van der Waals surface area contributed by atoms with Crippen molar-refractivity contribution in [2.24, 2.45) is 16.2 Å². The predicted octanol–water partition coefficient (Wildman–Crippen LogP) is 8.92. The number of nitrogens with zero attached hydrogens (tertiary/aromatic N) is 5. The van der Waals surface area contributed by atoms with Crippen molar-refractivity contribution < 1.29 is 54.0 Å². The number of nitrogens with one attached hydrogen (secondary N) is 3. The molecule has 0 radical (unpaired) electrons. The van der Waals surface area contributed by atoms with Gasteiger partial charge in [0.15, 0.2) is 0 Å². The van der Waals surface area contributed by atoms with Gasteiger partial charge < -0.3 is 20.0 Å². The quantitative estimate of drug-likeness (QED) is 0.0291. The lowest BCUT2D eigenvalue weighted by atomic mass is 9.33. The van der Waals surface area contributed by atoms with E-state index in [0.29, 0.717) is 60.5 Å². The van der Waals surface area contributed by atoms with E-state index in [1.807, 2.05) is 41.1 Å². The Bertz CT molecular complexity index is 3570. The zero-order valence-electron chi connectivity index (χ0n) is 49.6. The Morgan fingerprint density at radius 2 is 1.43 bits per heavy atom. The zero-order chi connectivity index (χ0) is 61.7. The molecule has 4 aromatic carbocycles. The van der Waals surface area contributed by atoms with Crippen LogP contribution in [0.3, 0.4) is 0 Å². The highest BCUT2D eigenvalue weighted by Gasteiger charge is 2.67. The number of unbranched alkanes of at least 4 members (excludes halogenated alkanes) is 1. The Morgan fingerprint density at radius 3 is 2.09 bits per heavy atom. The number of halogens is 3. The Labute approximate surface area is 512 Å². The molecule has 23 heteroatoms. The van der Waals surface area contributed by atoms with Gasteiger partial charge in [-0.05, 0) is 166 Å². The lowest BCUT2D eigenvalue weighted by molar-refractivity contribution is -0.167. The molecule has 17 nitrogen and oxygen atoms in total. The highest BCUT2D eigenvalue weighted by atomic mass is 32.2. The van der Waals surface area contributed by atoms with Crippen LogP contribution in [0.2, 0.25) is 0 Å². The standard InChI is InChI=1S/C64H77F3N8O9S3/c1-61(2)24-22-45(52(37-61)63-40-62(3,41-63)42-63)38-73-31-33-74(34-32-73)47-15-13-44(14-16-47)57(77)70-87(83,84)49-17-19-53(55(36-49)86(81,82)64(65,66)67)68-46(39-85-48-10-5-4-6-11-48)23-26-72-29-27-71(28-30-72)25-8-7-9-43-12-18-50-51(35-43)60(80)75(59(50)79)54-20-21-56(76)69-58(54)78/h4-6,10-19,35-36,46,54,68H,7-9,20-34,37-42H2,1-3H3,(H,70,77)(H,69,76,78)/t46-,54?,62?,63?/m1/s1. The number of aryl methyl sites for hydroxylation is 1. The first-order chi connectivity index (χ1) is 41.3. The van der Waals surface area contributed by atoms with Gasteiger partial charge in [0.2, 0.25) is 11.8 Å². The number of carbonyl (C=O) groups is 5. The molecule has 466 valence electrons. The largest absolute Gasteiger partial charge is 0.501 e. The lowest BCUT2D eigenvalue weighted by Gasteiger charge is -2.72. The first-order valence-corrected chi connectivity index (χ1v) is 34.3. The summed E-state index contributed by atoms with van der Waals surface area (Å²) < 4.78 is 99.8. The summed E-state index contributed by atoms with van der Waals surface area (Å²) in [5.74, 6) is -2.89. The third-order valence-corrected chi connectivity index (χ3v) is 23.0. The van der Waals surface area contributed by atoms with E-state index in [2.05, 4.69) is 51.0 Å². The molecule has 1 unspecified atom stereocenters. The summed E-state index contributed by atoms with van der Waals surface area (Å²) in [5.41, 5.74) is 0.701. The lowest BCUT2D eigenvalue weighted by Crippen LogP contribution is -2.61. The molecule has 3 saturated heterocycles. The number of hydrogen-bond donors (Lipinski definition) is 3. The molecule has 0 spiro atoms. The van der Waals surface area contributed by atoms with Crippen molar-refractivity contribution in [3.05, 3.63) is 124 Å². The van der Waals surface area contributed by atoms with Crippen molar-refractivity contribution in [3.63, 3.8) is 0 Å². The average molecular weight is 1260 g/mol. The number of sulfone groups is 1. The summed E-state index contributed by atoms with van der Waals surface area (Å²) >= 11 is 1.44. The van der Waals surface area contributed by atoms with Crippen LogP contribution in [0.4, 0.5) is 24.5 Å².